The number of halogens is 1. The number of hydrogen-bond donors (Lipinski definition) is 3. The molecule has 1 aliphatic carbocycles. The highest BCUT2D eigenvalue weighted by atomic mass is 79.9. The first kappa shape index (κ1) is 32.5. The third kappa shape index (κ3) is 6.87. The zero-order valence-corrected chi connectivity index (χ0v) is 26.8. The quantitative estimate of drug-likeness (QED) is 0.285. The van der Waals surface area contributed by atoms with E-state index in [0.29, 0.717) is 30.5 Å². The summed E-state index contributed by atoms with van der Waals surface area (Å²) in [6, 6.07) is 4.38. The van der Waals surface area contributed by atoms with Gasteiger partial charge in [0.1, 0.15) is 6.04 Å². The van der Waals surface area contributed by atoms with Crippen LogP contribution < -0.4 is 10.6 Å². The van der Waals surface area contributed by atoms with Gasteiger partial charge in [-0.25, -0.2) is 0 Å². The van der Waals surface area contributed by atoms with Crippen molar-refractivity contribution >= 4 is 48.0 Å². The van der Waals surface area contributed by atoms with E-state index in [-0.39, 0.29) is 5.91 Å². The molecule has 0 radical (unpaired) electrons. The van der Waals surface area contributed by atoms with Crippen molar-refractivity contribution < 1.29 is 28.8 Å². The van der Waals surface area contributed by atoms with E-state index in [9.17, 15) is 28.8 Å². The number of nitrogens with one attached hydrogen (secondary N) is 2. The van der Waals surface area contributed by atoms with Crippen LogP contribution in [0.5, 0.6) is 0 Å². The number of amides is 4. The molecule has 228 valence electrons. The molecular weight excluding hydrogens is 621 g/mol. The van der Waals surface area contributed by atoms with Crippen molar-refractivity contribution in [3.05, 3.63) is 45.4 Å². The van der Waals surface area contributed by atoms with Gasteiger partial charge in [-0.1, -0.05) is 92.9 Å². The Balaban J connectivity index is 1.65. The molecule has 2 aliphatic heterocycles. The minimum Gasteiger partial charge on any atom is -0.391 e. The van der Waals surface area contributed by atoms with Gasteiger partial charge in [-0.05, 0) is 40.4 Å². The average Bonchev–Trinajstić information content (AvgIpc) is 2.98. The van der Waals surface area contributed by atoms with E-state index in [2.05, 4.69) is 26.6 Å². The normalized spacial score (nSPS) is 24.4. The van der Waals surface area contributed by atoms with E-state index in [4.69, 9.17) is 0 Å². The molecule has 4 rings (SSSR count). The molecule has 1 saturated heterocycles. The van der Waals surface area contributed by atoms with Crippen LogP contribution in [0.25, 0.3) is 0 Å². The Morgan fingerprint density at radius 1 is 1.12 bits per heavy atom. The summed E-state index contributed by atoms with van der Waals surface area (Å²) in [7, 11) is -0.756. The van der Waals surface area contributed by atoms with Gasteiger partial charge in [-0.15, -0.1) is 0 Å². The number of hydrogen-bond acceptors (Lipinski definition) is 6. The van der Waals surface area contributed by atoms with Crippen LogP contribution in [0, 0.1) is 5.92 Å². The number of carbonyl (C=O) groups excluding carboxylic acids is 4. The fourth-order valence-corrected chi connectivity index (χ4v) is 7.54. The van der Waals surface area contributed by atoms with Gasteiger partial charge >= 0.3 is 0 Å². The predicted octanol–water partition coefficient (Wildman–Crippen LogP) is 4.76. The monoisotopic (exact) mass is 661 g/mol. The lowest BCUT2D eigenvalue weighted by atomic mass is 9.80. The number of aliphatic hydroxyl groups excluding tert-OH is 1. The fourth-order valence-electron chi connectivity index (χ4n) is 6.22. The van der Waals surface area contributed by atoms with Crippen LogP contribution in [0.1, 0.15) is 99.0 Å². The molecule has 9 nitrogen and oxygen atoms in total. The number of allylic oxidation sites excluding steroid dienone is 1. The zero-order valence-electron chi connectivity index (χ0n) is 24.4. The van der Waals surface area contributed by atoms with Crippen molar-refractivity contribution in [2.75, 3.05) is 13.1 Å². The van der Waals surface area contributed by atoms with Gasteiger partial charge in [0.15, 0.2) is 13.6 Å². The summed E-state index contributed by atoms with van der Waals surface area (Å²) >= 11 is 3.50. The summed E-state index contributed by atoms with van der Waals surface area (Å²) in [5, 5.41) is 15.0. The highest BCUT2D eigenvalue weighted by Crippen LogP contribution is 2.42. The van der Waals surface area contributed by atoms with Crippen LogP contribution >= 0.6 is 24.4 Å². The van der Waals surface area contributed by atoms with E-state index in [1.54, 1.807) is 32.1 Å². The van der Waals surface area contributed by atoms with Crippen molar-refractivity contribution in [1.82, 2.24) is 15.5 Å². The van der Waals surface area contributed by atoms with Crippen LogP contribution in [0.2, 0.25) is 0 Å². The fraction of sp³-hybridized carbons (Fsp3) is 0.613. The molecular formula is C31H41BrN3O6P. The Morgan fingerprint density at radius 3 is 2.45 bits per heavy atom. The molecule has 11 heteroatoms. The Bertz CT molecular complexity index is 1250. The molecule has 1 aromatic carbocycles. The second kappa shape index (κ2) is 14.4. The Morgan fingerprint density at radius 2 is 1.79 bits per heavy atom. The van der Waals surface area contributed by atoms with Crippen LogP contribution in [-0.4, -0.2) is 64.0 Å². The molecule has 3 N–H and O–H groups in total. The molecule has 42 heavy (non-hydrogen) atoms. The Labute approximate surface area is 257 Å². The number of aliphatic hydroxyl groups is 1. The summed E-state index contributed by atoms with van der Waals surface area (Å²) in [6.45, 7) is 3.24. The van der Waals surface area contributed by atoms with Gasteiger partial charge in [-0.3, -0.25) is 28.6 Å². The first-order valence-corrected chi connectivity index (χ1v) is 16.7. The van der Waals surface area contributed by atoms with Gasteiger partial charge in [0.05, 0.1) is 18.6 Å². The lowest BCUT2D eigenvalue weighted by Crippen LogP contribution is -2.63. The average molecular weight is 663 g/mol. The van der Waals surface area contributed by atoms with Crippen LogP contribution in [0.3, 0.4) is 0 Å². The summed E-state index contributed by atoms with van der Waals surface area (Å²) in [6.07, 6.45) is 9.19. The van der Waals surface area contributed by atoms with Crippen LogP contribution in [0.4, 0.5) is 0 Å². The SMILES string of the molecule is CC(C)C(O)C(CN1C(=O)c2cccc3c2C(C=C(Br)C3)C1=O)(P=O)C(=O)NC1CCCCCCCCCCNC1=O. The third-order valence-corrected chi connectivity index (χ3v) is 10.1. The molecule has 1 aromatic rings. The lowest BCUT2D eigenvalue weighted by molar-refractivity contribution is -0.136. The zero-order chi connectivity index (χ0) is 30.4. The first-order chi connectivity index (χ1) is 20.1. The second-order valence-corrected chi connectivity index (χ2v) is 14.0. The van der Waals surface area contributed by atoms with Crippen molar-refractivity contribution in [2.24, 2.45) is 5.92 Å². The van der Waals surface area contributed by atoms with Crippen molar-refractivity contribution in [3.8, 4) is 0 Å². The topological polar surface area (TPSA) is 133 Å². The maximum atomic E-state index is 14.1. The molecule has 2 heterocycles. The highest BCUT2D eigenvalue weighted by molar-refractivity contribution is 9.11. The molecule has 0 aromatic heterocycles. The van der Waals surface area contributed by atoms with Gasteiger partial charge in [-0.2, -0.15) is 0 Å². The third-order valence-electron chi connectivity index (χ3n) is 8.64. The summed E-state index contributed by atoms with van der Waals surface area (Å²) in [5.74, 6) is -3.60. The van der Waals surface area contributed by atoms with E-state index in [1.165, 1.54) is 6.42 Å². The maximum Gasteiger partial charge on any atom is 0.260 e. The number of benzene rings is 1. The minimum absolute atomic E-state index is 0.332. The van der Waals surface area contributed by atoms with Gasteiger partial charge < -0.3 is 15.7 Å². The van der Waals surface area contributed by atoms with Crippen LogP contribution in [-0.2, 0) is 25.4 Å². The van der Waals surface area contributed by atoms with Crippen molar-refractivity contribution in [2.45, 2.75) is 101 Å². The number of imide groups is 1. The molecule has 4 atom stereocenters. The van der Waals surface area contributed by atoms with Crippen molar-refractivity contribution in [3.63, 3.8) is 0 Å². The largest absolute Gasteiger partial charge is 0.391 e. The Kier molecular flexibility index (Phi) is 11.1. The first-order valence-electron chi connectivity index (χ1n) is 15.1. The smallest absolute Gasteiger partial charge is 0.260 e. The maximum absolute atomic E-state index is 14.1. The number of rotatable bonds is 7. The van der Waals surface area contributed by atoms with Gasteiger partial charge in [0.25, 0.3) is 5.91 Å². The van der Waals surface area contributed by atoms with Gasteiger partial charge in [0.2, 0.25) is 17.7 Å². The Hall–Kier alpha value is -2.42. The number of carbonyl (C=O) groups is 4. The summed E-state index contributed by atoms with van der Waals surface area (Å²) in [4.78, 5) is 55.7. The van der Waals surface area contributed by atoms with E-state index >= 15 is 0 Å². The predicted molar refractivity (Wildman–Crippen MR) is 164 cm³/mol. The minimum atomic E-state index is -2.08. The van der Waals surface area contributed by atoms with Gasteiger partial charge in [0, 0.05) is 18.5 Å². The van der Waals surface area contributed by atoms with E-state index in [0.717, 1.165) is 59.9 Å². The molecule has 0 spiro atoms. The second-order valence-electron chi connectivity index (χ2n) is 12.0. The standard InChI is InChI=1S/C31H41BrN3O6P/c1-19(2)26(36)31(42-41,30(40)34-24-14-9-7-5-3-4-6-8-10-15-33-27(24)37)18-35-28(38)22-13-11-12-20-16-21(32)17-23(25(20)22)29(35)39/h11-13,17,19,23-24,26,36H,3-10,14-16,18H2,1-2H3,(H,33,37)(H,34,40). The lowest BCUT2D eigenvalue weighted by Gasteiger charge is -2.40. The van der Waals surface area contributed by atoms with Crippen molar-refractivity contribution in [1.29, 1.82) is 0 Å². The molecule has 0 saturated carbocycles. The molecule has 3 aliphatic rings. The summed E-state index contributed by atoms with van der Waals surface area (Å²) < 4.78 is 13.8. The molecule has 1 fully saturated rings. The highest BCUT2D eigenvalue weighted by Gasteiger charge is 2.53. The molecule has 4 unspecified atom stereocenters. The molecule has 4 amide bonds. The summed E-state index contributed by atoms with van der Waals surface area (Å²) in [5.41, 5.74) is 1.86. The van der Waals surface area contributed by atoms with E-state index < -0.39 is 61.9 Å². The molecule has 0 bridgehead atoms. The van der Waals surface area contributed by atoms with Crippen LogP contribution in [0.15, 0.2) is 28.8 Å². The van der Waals surface area contributed by atoms with E-state index in [1.807, 2.05) is 6.07 Å². The number of nitrogens with zero attached hydrogens (tertiary/aromatic N) is 1.